The lowest BCUT2D eigenvalue weighted by atomic mass is 10.0. The van der Waals surface area contributed by atoms with Gasteiger partial charge in [-0.2, -0.15) is 5.10 Å². The topological polar surface area (TPSA) is 118 Å². The summed E-state index contributed by atoms with van der Waals surface area (Å²) in [5.41, 5.74) is -0.0225. The molecule has 1 aromatic heterocycles. The maximum Gasteiger partial charge on any atom is 0.357 e. The zero-order valence-corrected chi connectivity index (χ0v) is 15.7. The molecule has 0 saturated carbocycles. The van der Waals surface area contributed by atoms with E-state index in [4.69, 9.17) is 0 Å². The molecule has 0 fully saturated rings. The van der Waals surface area contributed by atoms with E-state index in [-0.39, 0.29) is 22.2 Å². The van der Waals surface area contributed by atoms with Crippen LogP contribution in [0.1, 0.15) is 23.0 Å². The van der Waals surface area contributed by atoms with Gasteiger partial charge in [-0.25, -0.2) is 9.48 Å². The van der Waals surface area contributed by atoms with Crippen molar-refractivity contribution in [1.82, 2.24) is 15.1 Å². The number of aromatic carboxylic acids is 1. The molecular formula is C21H19N3O5. The molecule has 2 aromatic carbocycles. The molecule has 1 atom stereocenters. The molecule has 1 amide bonds. The van der Waals surface area contributed by atoms with E-state index in [0.717, 1.165) is 10.2 Å². The number of carbonyl (C=O) groups excluding carboxylic acids is 2. The Hall–Kier alpha value is -3.81. The van der Waals surface area contributed by atoms with E-state index < -0.39 is 30.0 Å². The Bertz CT molecular complexity index is 1140. The van der Waals surface area contributed by atoms with Crippen molar-refractivity contribution in [3.05, 3.63) is 76.2 Å². The minimum absolute atomic E-state index is 0.153. The van der Waals surface area contributed by atoms with Gasteiger partial charge in [0.1, 0.15) is 6.54 Å². The van der Waals surface area contributed by atoms with Crippen molar-refractivity contribution in [2.45, 2.75) is 25.9 Å². The Morgan fingerprint density at radius 1 is 1.03 bits per heavy atom. The molecule has 148 valence electrons. The molecule has 2 N–H and O–H groups in total. The summed E-state index contributed by atoms with van der Waals surface area (Å²) in [6.07, 6.45) is 0.308. The van der Waals surface area contributed by atoms with E-state index in [1.165, 1.54) is 19.1 Å². The van der Waals surface area contributed by atoms with Gasteiger partial charge in [0.15, 0.2) is 11.5 Å². The van der Waals surface area contributed by atoms with Gasteiger partial charge in [-0.05, 0) is 25.0 Å². The molecule has 0 saturated heterocycles. The molecular weight excluding hydrogens is 374 g/mol. The molecule has 0 aliphatic rings. The van der Waals surface area contributed by atoms with Gasteiger partial charge < -0.3 is 10.4 Å². The highest BCUT2D eigenvalue weighted by molar-refractivity contribution is 6.01. The molecule has 1 heterocycles. The lowest BCUT2D eigenvalue weighted by molar-refractivity contribution is -0.127. The average molecular weight is 393 g/mol. The van der Waals surface area contributed by atoms with Gasteiger partial charge in [-0.3, -0.25) is 14.4 Å². The second-order valence-electron chi connectivity index (χ2n) is 6.58. The van der Waals surface area contributed by atoms with Crippen LogP contribution in [0.5, 0.6) is 0 Å². The second-order valence-corrected chi connectivity index (χ2v) is 6.58. The molecule has 3 rings (SSSR count). The van der Waals surface area contributed by atoms with Gasteiger partial charge in [0, 0.05) is 5.39 Å². The fraction of sp³-hybridized carbons (Fsp3) is 0.190. The van der Waals surface area contributed by atoms with Gasteiger partial charge in [0.2, 0.25) is 5.91 Å². The monoisotopic (exact) mass is 393 g/mol. The van der Waals surface area contributed by atoms with E-state index in [9.17, 15) is 24.3 Å². The fourth-order valence-electron chi connectivity index (χ4n) is 3.02. The Labute approximate surface area is 165 Å². The summed E-state index contributed by atoms with van der Waals surface area (Å²) < 4.78 is 0.806. The summed E-state index contributed by atoms with van der Waals surface area (Å²) in [5, 5.41) is 16.2. The Kier molecular flexibility index (Phi) is 5.82. The number of rotatable bonds is 7. The summed E-state index contributed by atoms with van der Waals surface area (Å²) in [5.74, 6) is -2.14. The van der Waals surface area contributed by atoms with Crippen LogP contribution in [0.15, 0.2) is 59.4 Å². The van der Waals surface area contributed by atoms with Gasteiger partial charge >= 0.3 is 5.97 Å². The lowest BCUT2D eigenvalue weighted by Crippen LogP contribution is -2.44. The standard InChI is InChI=1S/C21H19N3O5/c1-13(25)17(11-14-7-3-2-4-8-14)22-18(26)12-24-20(27)16-10-6-5-9-15(16)19(23-24)21(28)29/h2-10,17H,11-12H2,1H3,(H,22,26)(H,28,29)/t17-/m0/s1. The minimum atomic E-state index is -1.30. The Morgan fingerprint density at radius 3 is 2.28 bits per heavy atom. The number of amides is 1. The zero-order chi connectivity index (χ0) is 21.0. The van der Waals surface area contributed by atoms with Crippen molar-refractivity contribution in [2.24, 2.45) is 0 Å². The number of aromatic nitrogens is 2. The van der Waals surface area contributed by atoms with Crippen LogP contribution in [0.2, 0.25) is 0 Å². The van der Waals surface area contributed by atoms with Crippen molar-refractivity contribution in [3.8, 4) is 0 Å². The minimum Gasteiger partial charge on any atom is -0.476 e. The lowest BCUT2D eigenvalue weighted by Gasteiger charge is -2.16. The van der Waals surface area contributed by atoms with Gasteiger partial charge in [-0.15, -0.1) is 0 Å². The molecule has 8 heteroatoms. The number of carboxylic acid groups (broad SMARTS) is 1. The van der Waals surface area contributed by atoms with Gasteiger partial charge in [0.25, 0.3) is 5.56 Å². The van der Waals surface area contributed by atoms with Gasteiger partial charge in [-0.1, -0.05) is 48.5 Å². The first kappa shape index (κ1) is 19.9. The van der Waals surface area contributed by atoms with Crippen molar-refractivity contribution < 1.29 is 19.5 Å². The number of nitrogens with one attached hydrogen (secondary N) is 1. The summed E-state index contributed by atoms with van der Waals surface area (Å²) in [6, 6.07) is 14.6. The first-order chi connectivity index (χ1) is 13.9. The molecule has 3 aromatic rings. The van der Waals surface area contributed by atoms with E-state index >= 15 is 0 Å². The van der Waals surface area contributed by atoms with Crippen molar-refractivity contribution >= 4 is 28.4 Å². The third-order valence-corrected chi connectivity index (χ3v) is 4.47. The fourth-order valence-corrected chi connectivity index (χ4v) is 3.02. The number of benzene rings is 2. The zero-order valence-electron chi connectivity index (χ0n) is 15.7. The van der Waals surface area contributed by atoms with E-state index in [1.807, 2.05) is 30.3 Å². The number of fused-ring (bicyclic) bond motifs is 1. The van der Waals surface area contributed by atoms with Crippen LogP contribution >= 0.6 is 0 Å². The summed E-state index contributed by atoms with van der Waals surface area (Å²) >= 11 is 0. The number of ketones is 1. The number of carbonyl (C=O) groups is 3. The molecule has 8 nitrogen and oxygen atoms in total. The second kappa shape index (κ2) is 8.47. The third kappa shape index (κ3) is 4.55. The quantitative estimate of drug-likeness (QED) is 0.627. The summed E-state index contributed by atoms with van der Waals surface area (Å²) in [6.45, 7) is 0.874. The normalized spacial score (nSPS) is 11.8. The Morgan fingerprint density at radius 2 is 1.66 bits per heavy atom. The van der Waals surface area contributed by atoms with E-state index in [1.54, 1.807) is 12.1 Å². The largest absolute Gasteiger partial charge is 0.476 e. The van der Waals surface area contributed by atoms with Crippen LogP contribution in [0.25, 0.3) is 10.8 Å². The van der Waals surface area contributed by atoms with E-state index in [2.05, 4.69) is 10.4 Å². The van der Waals surface area contributed by atoms with Crippen molar-refractivity contribution in [1.29, 1.82) is 0 Å². The van der Waals surface area contributed by atoms with Crippen LogP contribution < -0.4 is 10.9 Å². The highest BCUT2D eigenvalue weighted by Crippen LogP contribution is 2.13. The Balaban J connectivity index is 1.85. The first-order valence-electron chi connectivity index (χ1n) is 8.93. The maximum atomic E-state index is 12.6. The van der Waals surface area contributed by atoms with Crippen LogP contribution in [0.3, 0.4) is 0 Å². The highest BCUT2D eigenvalue weighted by Gasteiger charge is 2.20. The average Bonchev–Trinajstić information content (AvgIpc) is 2.70. The summed E-state index contributed by atoms with van der Waals surface area (Å²) in [7, 11) is 0. The number of hydrogen-bond donors (Lipinski definition) is 2. The number of carboxylic acids is 1. The predicted molar refractivity (Wildman–Crippen MR) is 106 cm³/mol. The number of hydrogen-bond acceptors (Lipinski definition) is 5. The molecule has 0 spiro atoms. The molecule has 29 heavy (non-hydrogen) atoms. The van der Waals surface area contributed by atoms with Crippen molar-refractivity contribution in [2.75, 3.05) is 0 Å². The predicted octanol–water partition coefficient (Wildman–Crippen LogP) is 1.41. The molecule has 0 radical (unpaired) electrons. The first-order valence-corrected chi connectivity index (χ1v) is 8.93. The maximum absolute atomic E-state index is 12.6. The third-order valence-electron chi connectivity index (χ3n) is 4.47. The highest BCUT2D eigenvalue weighted by atomic mass is 16.4. The molecule has 0 unspecified atom stereocenters. The molecule has 0 bridgehead atoms. The molecule has 0 aliphatic heterocycles. The smallest absolute Gasteiger partial charge is 0.357 e. The van der Waals surface area contributed by atoms with Crippen LogP contribution in [0.4, 0.5) is 0 Å². The summed E-state index contributed by atoms with van der Waals surface area (Å²) in [4.78, 5) is 48.5. The van der Waals surface area contributed by atoms with Crippen LogP contribution in [0, 0.1) is 0 Å². The number of nitrogens with zero attached hydrogens (tertiary/aromatic N) is 2. The van der Waals surface area contributed by atoms with E-state index in [0.29, 0.717) is 6.42 Å². The van der Waals surface area contributed by atoms with Crippen LogP contribution in [-0.4, -0.2) is 38.6 Å². The number of Topliss-reactive ketones (excluding diaryl/α,β-unsaturated/α-hetero) is 1. The van der Waals surface area contributed by atoms with Crippen molar-refractivity contribution in [3.63, 3.8) is 0 Å². The van der Waals surface area contributed by atoms with Gasteiger partial charge in [0.05, 0.1) is 11.4 Å². The SMILES string of the molecule is CC(=O)[C@H](Cc1ccccc1)NC(=O)Cn1nc(C(=O)O)c2ccccc2c1=O. The van der Waals surface area contributed by atoms with Crippen LogP contribution in [-0.2, 0) is 22.6 Å². The molecule has 0 aliphatic carbocycles.